The highest BCUT2D eigenvalue weighted by atomic mass is 16.2. The number of nitrogens with one attached hydrogen (secondary N) is 1. The molecule has 3 nitrogen and oxygen atoms in total. The van der Waals surface area contributed by atoms with E-state index in [-0.39, 0.29) is 11.9 Å². The largest absolute Gasteiger partial charge is 0.344 e. The van der Waals surface area contributed by atoms with Gasteiger partial charge in [0.15, 0.2) is 0 Å². The molecule has 1 N–H and O–H groups in total. The molecule has 1 aliphatic heterocycles. The Morgan fingerprint density at radius 2 is 1.81 bits per heavy atom. The molecule has 0 aromatic heterocycles. The molecule has 1 aliphatic carbocycles. The number of hydrogen-bond donors (Lipinski definition) is 1. The molecule has 0 aromatic rings. The third-order valence-corrected chi connectivity index (χ3v) is 4.04. The van der Waals surface area contributed by atoms with Gasteiger partial charge in [-0.3, -0.25) is 4.79 Å². The summed E-state index contributed by atoms with van der Waals surface area (Å²) in [6.45, 7) is 5.56. The van der Waals surface area contributed by atoms with Crippen LogP contribution in [0.1, 0.15) is 39.5 Å². The van der Waals surface area contributed by atoms with Crippen molar-refractivity contribution < 1.29 is 4.79 Å². The molecular formula is C13H24N2O. The Morgan fingerprint density at radius 3 is 2.31 bits per heavy atom. The molecule has 3 atom stereocenters. The van der Waals surface area contributed by atoms with E-state index in [1.807, 2.05) is 11.9 Å². The van der Waals surface area contributed by atoms with Crippen LogP contribution in [0.2, 0.25) is 0 Å². The van der Waals surface area contributed by atoms with Crippen molar-refractivity contribution in [1.29, 1.82) is 0 Å². The van der Waals surface area contributed by atoms with Gasteiger partial charge in [-0.05, 0) is 37.5 Å². The van der Waals surface area contributed by atoms with Crippen LogP contribution in [-0.4, -0.2) is 36.5 Å². The van der Waals surface area contributed by atoms with Crippen LogP contribution in [0.4, 0.5) is 0 Å². The van der Waals surface area contributed by atoms with E-state index in [1.165, 1.54) is 19.3 Å². The molecule has 2 aliphatic rings. The summed E-state index contributed by atoms with van der Waals surface area (Å²) >= 11 is 0. The van der Waals surface area contributed by atoms with Crippen molar-refractivity contribution in [1.82, 2.24) is 10.2 Å². The van der Waals surface area contributed by atoms with Crippen LogP contribution in [0.25, 0.3) is 0 Å². The van der Waals surface area contributed by atoms with E-state index < -0.39 is 0 Å². The maximum Gasteiger partial charge on any atom is 0.239 e. The topological polar surface area (TPSA) is 32.3 Å². The first kappa shape index (κ1) is 11.9. The second kappa shape index (κ2) is 4.74. The highest BCUT2D eigenvalue weighted by molar-refractivity contribution is 5.83. The van der Waals surface area contributed by atoms with Crippen LogP contribution in [0.15, 0.2) is 0 Å². The average molecular weight is 224 g/mol. The molecule has 2 rings (SSSR count). The maximum atomic E-state index is 11.8. The fourth-order valence-electron chi connectivity index (χ4n) is 3.34. The third kappa shape index (κ3) is 2.57. The van der Waals surface area contributed by atoms with Gasteiger partial charge in [-0.2, -0.15) is 0 Å². The monoisotopic (exact) mass is 224 g/mol. The van der Waals surface area contributed by atoms with Crippen molar-refractivity contribution in [2.24, 2.45) is 11.8 Å². The predicted octanol–water partition coefficient (Wildman–Crippen LogP) is 1.63. The molecule has 0 aromatic carbocycles. The first-order valence-corrected chi connectivity index (χ1v) is 6.57. The van der Waals surface area contributed by atoms with E-state index in [2.05, 4.69) is 19.2 Å². The van der Waals surface area contributed by atoms with Crippen molar-refractivity contribution in [3.8, 4) is 0 Å². The molecule has 16 heavy (non-hydrogen) atoms. The van der Waals surface area contributed by atoms with Crippen molar-refractivity contribution in [3.63, 3.8) is 0 Å². The number of nitrogens with zero attached hydrogens (tertiary/aromatic N) is 1. The number of carbonyl (C=O) groups is 1. The van der Waals surface area contributed by atoms with Gasteiger partial charge in [0, 0.05) is 19.6 Å². The van der Waals surface area contributed by atoms with Gasteiger partial charge in [0.25, 0.3) is 0 Å². The molecular weight excluding hydrogens is 200 g/mol. The minimum absolute atomic E-state index is 0.0903. The smallest absolute Gasteiger partial charge is 0.239 e. The van der Waals surface area contributed by atoms with Crippen LogP contribution in [0.5, 0.6) is 0 Å². The van der Waals surface area contributed by atoms with Gasteiger partial charge < -0.3 is 10.2 Å². The van der Waals surface area contributed by atoms with Crippen molar-refractivity contribution in [3.05, 3.63) is 0 Å². The summed E-state index contributed by atoms with van der Waals surface area (Å²) in [5, 5.41) is 3.57. The van der Waals surface area contributed by atoms with Crippen LogP contribution in [0, 0.1) is 11.8 Å². The molecule has 1 amide bonds. The Morgan fingerprint density at radius 1 is 1.19 bits per heavy atom. The fourth-order valence-corrected chi connectivity index (χ4v) is 3.34. The quantitative estimate of drug-likeness (QED) is 0.773. The van der Waals surface area contributed by atoms with Crippen LogP contribution in [0.3, 0.4) is 0 Å². The van der Waals surface area contributed by atoms with Gasteiger partial charge in [-0.15, -0.1) is 0 Å². The second-order valence-corrected chi connectivity index (χ2v) is 5.88. The van der Waals surface area contributed by atoms with Gasteiger partial charge in [-0.25, -0.2) is 0 Å². The lowest BCUT2D eigenvalue weighted by Gasteiger charge is -2.33. The van der Waals surface area contributed by atoms with E-state index in [4.69, 9.17) is 0 Å². The van der Waals surface area contributed by atoms with Gasteiger partial charge in [0.05, 0.1) is 6.04 Å². The Bertz CT molecular complexity index is 257. The molecule has 0 spiro atoms. The Labute approximate surface area is 98.6 Å². The zero-order chi connectivity index (χ0) is 11.7. The summed E-state index contributed by atoms with van der Waals surface area (Å²) < 4.78 is 0. The lowest BCUT2D eigenvalue weighted by Crippen LogP contribution is -2.45. The number of carbonyl (C=O) groups excluding carboxylic acids is 1. The number of likely N-dealkylation sites (N-methyl/N-ethyl adjacent to an activating group) is 1. The van der Waals surface area contributed by atoms with E-state index >= 15 is 0 Å². The van der Waals surface area contributed by atoms with Gasteiger partial charge in [-0.1, -0.05) is 13.8 Å². The summed E-state index contributed by atoms with van der Waals surface area (Å²) in [6, 6.07) is 0.645. The normalized spacial score (nSPS) is 40.4. The molecule has 3 unspecified atom stereocenters. The maximum absolute atomic E-state index is 11.8. The Hall–Kier alpha value is -0.570. The first-order valence-electron chi connectivity index (χ1n) is 6.57. The summed E-state index contributed by atoms with van der Waals surface area (Å²) in [6.07, 6.45) is 4.79. The number of likely N-dealkylation sites (tertiary alicyclic amines) is 1. The minimum Gasteiger partial charge on any atom is -0.344 e. The Balaban J connectivity index is 1.87. The third-order valence-electron chi connectivity index (χ3n) is 4.04. The lowest BCUT2D eigenvalue weighted by atomic mass is 9.80. The molecule has 2 fully saturated rings. The van der Waals surface area contributed by atoms with Crippen molar-refractivity contribution >= 4 is 5.91 Å². The fraction of sp³-hybridized carbons (Fsp3) is 0.923. The Kier molecular flexibility index (Phi) is 3.53. The number of amides is 1. The van der Waals surface area contributed by atoms with Crippen LogP contribution >= 0.6 is 0 Å². The second-order valence-electron chi connectivity index (χ2n) is 5.88. The average Bonchev–Trinajstić information content (AvgIpc) is 2.48. The van der Waals surface area contributed by atoms with E-state index in [0.717, 1.165) is 24.8 Å². The molecule has 92 valence electrons. The van der Waals surface area contributed by atoms with Crippen molar-refractivity contribution in [2.45, 2.75) is 51.6 Å². The van der Waals surface area contributed by atoms with Gasteiger partial charge in [0.1, 0.15) is 0 Å². The molecule has 3 heteroatoms. The van der Waals surface area contributed by atoms with E-state index in [9.17, 15) is 4.79 Å². The van der Waals surface area contributed by atoms with Crippen LogP contribution < -0.4 is 5.32 Å². The zero-order valence-corrected chi connectivity index (χ0v) is 10.7. The van der Waals surface area contributed by atoms with Gasteiger partial charge in [0.2, 0.25) is 5.91 Å². The van der Waals surface area contributed by atoms with Crippen molar-refractivity contribution in [2.75, 3.05) is 13.6 Å². The first-order chi connectivity index (χ1) is 7.56. The summed E-state index contributed by atoms with van der Waals surface area (Å²) in [5.74, 6) is 1.89. The van der Waals surface area contributed by atoms with Gasteiger partial charge >= 0.3 is 0 Å². The van der Waals surface area contributed by atoms with E-state index in [0.29, 0.717) is 6.04 Å². The zero-order valence-electron chi connectivity index (χ0n) is 10.7. The molecule has 1 saturated carbocycles. The highest BCUT2D eigenvalue weighted by Gasteiger charge is 2.32. The SMILES string of the molecule is CC1CC(C)CC(NC2CCN(C)C2=O)C1. The number of hydrogen-bond acceptors (Lipinski definition) is 2. The van der Waals surface area contributed by atoms with Crippen LogP contribution in [-0.2, 0) is 4.79 Å². The minimum atomic E-state index is 0.0903. The summed E-state index contributed by atoms with van der Waals surface area (Å²) in [5.41, 5.74) is 0. The number of rotatable bonds is 2. The predicted molar refractivity (Wildman–Crippen MR) is 65.1 cm³/mol. The molecule has 0 bridgehead atoms. The van der Waals surface area contributed by atoms with E-state index in [1.54, 1.807) is 0 Å². The molecule has 0 radical (unpaired) electrons. The molecule has 1 saturated heterocycles. The summed E-state index contributed by atoms with van der Waals surface area (Å²) in [7, 11) is 1.90. The highest BCUT2D eigenvalue weighted by Crippen LogP contribution is 2.29. The standard InChI is InChI=1S/C13H24N2O/c1-9-6-10(2)8-11(7-9)14-12-4-5-15(3)13(12)16/h9-12,14H,4-8H2,1-3H3. The lowest BCUT2D eigenvalue weighted by molar-refractivity contribution is -0.128. The summed E-state index contributed by atoms with van der Waals surface area (Å²) in [4.78, 5) is 13.6. The molecule has 1 heterocycles.